The lowest BCUT2D eigenvalue weighted by atomic mass is 9.97. The van der Waals surface area contributed by atoms with Crippen LogP contribution < -0.4 is 5.32 Å². The van der Waals surface area contributed by atoms with Crippen molar-refractivity contribution in [2.24, 2.45) is 5.41 Å². The number of fused-ring (bicyclic) bond motifs is 1. The molecule has 0 heterocycles. The quantitative estimate of drug-likeness (QED) is 0.787. The van der Waals surface area contributed by atoms with Crippen LogP contribution in [0.4, 0.5) is 10.5 Å². The van der Waals surface area contributed by atoms with Crippen molar-refractivity contribution in [3.63, 3.8) is 0 Å². The zero-order valence-corrected chi connectivity index (χ0v) is 13.2. The molecule has 0 radical (unpaired) electrons. The maximum Gasteiger partial charge on any atom is 0.412 e. The number of ether oxygens (including phenoxy) is 1. The molecule has 1 aromatic carbocycles. The summed E-state index contributed by atoms with van der Waals surface area (Å²) in [6.07, 6.45) is 4.48. The van der Waals surface area contributed by atoms with Crippen LogP contribution in [0.15, 0.2) is 24.3 Å². The van der Waals surface area contributed by atoms with Gasteiger partial charge in [0.25, 0.3) is 0 Å². The molecule has 1 N–H and O–H groups in total. The first kappa shape index (κ1) is 14.6. The molecule has 4 nitrogen and oxygen atoms in total. The lowest BCUT2D eigenvalue weighted by Gasteiger charge is -2.19. The molecular weight excluding hydrogens is 276 g/mol. The standard InChI is InChI=1S/C18H20N2O2/c1-17(2,3)22-16(21)20-13-4-5-14-12(10-13)11-18(7-8-18)15(14)6-9-19/h4-6,10H,7-8,11H2,1-3H3,(H,20,21)/b15-6-. The molecule has 0 saturated heterocycles. The molecule has 1 saturated carbocycles. The molecule has 1 fully saturated rings. The maximum atomic E-state index is 11.8. The molecule has 0 atom stereocenters. The third-order valence-corrected chi connectivity index (χ3v) is 4.20. The number of allylic oxidation sites excluding steroid dienone is 2. The molecule has 114 valence electrons. The molecule has 0 aliphatic heterocycles. The predicted molar refractivity (Wildman–Crippen MR) is 85.3 cm³/mol. The fourth-order valence-electron chi connectivity index (χ4n) is 3.14. The number of carbonyl (C=O) groups excluding carboxylic acids is 1. The van der Waals surface area contributed by atoms with Crippen LogP contribution >= 0.6 is 0 Å². The smallest absolute Gasteiger partial charge is 0.412 e. The van der Waals surface area contributed by atoms with E-state index in [0.29, 0.717) is 0 Å². The van der Waals surface area contributed by atoms with Crippen molar-refractivity contribution in [1.82, 2.24) is 0 Å². The molecule has 0 unspecified atom stereocenters. The fraction of sp³-hybridized carbons (Fsp3) is 0.444. The van der Waals surface area contributed by atoms with Crippen molar-refractivity contribution in [2.75, 3.05) is 5.32 Å². The van der Waals surface area contributed by atoms with Crippen LogP contribution in [0.25, 0.3) is 5.57 Å². The fourth-order valence-corrected chi connectivity index (χ4v) is 3.14. The summed E-state index contributed by atoms with van der Waals surface area (Å²) in [6, 6.07) is 8.03. The lowest BCUT2D eigenvalue weighted by molar-refractivity contribution is 0.0636. The van der Waals surface area contributed by atoms with Gasteiger partial charge in [0, 0.05) is 17.2 Å². The zero-order chi connectivity index (χ0) is 16.0. The predicted octanol–water partition coefficient (Wildman–Crippen LogP) is 4.28. The summed E-state index contributed by atoms with van der Waals surface area (Å²) >= 11 is 0. The Bertz CT molecular complexity index is 701. The maximum absolute atomic E-state index is 11.8. The van der Waals surface area contributed by atoms with E-state index in [9.17, 15) is 4.79 Å². The highest BCUT2D eigenvalue weighted by atomic mass is 16.6. The third-order valence-electron chi connectivity index (χ3n) is 4.20. The molecular formula is C18H20N2O2. The summed E-state index contributed by atoms with van der Waals surface area (Å²) in [7, 11) is 0. The van der Waals surface area contributed by atoms with Crippen LogP contribution in [0.1, 0.15) is 44.7 Å². The molecule has 2 aliphatic carbocycles. The van der Waals surface area contributed by atoms with Crippen molar-refractivity contribution in [2.45, 2.75) is 45.6 Å². The highest BCUT2D eigenvalue weighted by Gasteiger charge is 2.50. The average molecular weight is 296 g/mol. The van der Waals surface area contributed by atoms with E-state index >= 15 is 0 Å². The van der Waals surface area contributed by atoms with Gasteiger partial charge in [0.05, 0.1) is 6.07 Å². The first-order chi connectivity index (χ1) is 10.3. The second-order valence-electron chi connectivity index (χ2n) is 7.14. The average Bonchev–Trinajstić information content (AvgIpc) is 3.08. The van der Waals surface area contributed by atoms with Gasteiger partial charge in [-0.15, -0.1) is 0 Å². The topological polar surface area (TPSA) is 62.1 Å². The Morgan fingerprint density at radius 1 is 1.41 bits per heavy atom. The number of anilines is 1. The van der Waals surface area contributed by atoms with Crippen molar-refractivity contribution >= 4 is 17.4 Å². The first-order valence-electron chi connectivity index (χ1n) is 7.57. The van der Waals surface area contributed by atoms with Crippen molar-refractivity contribution in [3.05, 3.63) is 35.4 Å². The molecule has 1 spiro atoms. The third kappa shape index (κ3) is 2.71. The number of hydrogen-bond acceptors (Lipinski definition) is 3. The Balaban J connectivity index is 1.81. The number of hydrogen-bond donors (Lipinski definition) is 1. The van der Waals surface area contributed by atoms with Gasteiger partial charge >= 0.3 is 6.09 Å². The first-order valence-corrected chi connectivity index (χ1v) is 7.57. The van der Waals surface area contributed by atoms with E-state index in [1.54, 1.807) is 6.08 Å². The normalized spacial score (nSPS) is 19.6. The van der Waals surface area contributed by atoms with Gasteiger partial charge in [0.15, 0.2) is 0 Å². The monoisotopic (exact) mass is 296 g/mol. The number of nitriles is 1. The lowest BCUT2D eigenvalue weighted by Crippen LogP contribution is -2.27. The van der Waals surface area contributed by atoms with Crippen molar-refractivity contribution < 1.29 is 9.53 Å². The Kier molecular flexibility index (Phi) is 3.25. The Morgan fingerprint density at radius 2 is 2.14 bits per heavy atom. The summed E-state index contributed by atoms with van der Waals surface area (Å²) in [6.45, 7) is 5.52. The van der Waals surface area contributed by atoms with Crippen LogP contribution in [0.2, 0.25) is 0 Å². The highest BCUT2D eigenvalue weighted by Crippen LogP contribution is 2.62. The summed E-state index contributed by atoms with van der Waals surface area (Å²) in [4.78, 5) is 11.8. The molecule has 4 heteroatoms. The highest BCUT2D eigenvalue weighted by molar-refractivity contribution is 5.87. The van der Waals surface area contributed by atoms with E-state index < -0.39 is 11.7 Å². The van der Waals surface area contributed by atoms with Crippen LogP contribution in [0, 0.1) is 16.7 Å². The van der Waals surface area contributed by atoms with Crippen molar-refractivity contribution in [1.29, 1.82) is 5.26 Å². The minimum absolute atomic E-state index is 0.183. The number of benzene rings is 1. The van der Waals surface area contributed by atoms with E-state index in [1.807, 2.05) is 39.0 Å². The van der Waals surface area contributed by atoms with Gasteiger partial charge in [-0.25, -0.2) is 4.79 Å². The van der Waals surface area contributed by atoms with E-state index in [2.05, 4.69) is 11.4 Å². The largest absolute Gasteiger partial charge is 0.444 e. The van der Waals surface area contributed by atoms with Gasteiger partial charge in [-0.3, -0.25) is 5.32 Å². The van der Waals surface area contributed by atoms with Crippen LogP contribution in [0.5, 0.6) is 0 Å². The Labute approximate surface area is 130 Å². The second kappa shape index (κ2) is 4.88. The van der Waals surface area contributed by atoms with Gasteiger partial charge < -0.3 is 4.74 Å². The number of rotatable bonds is 1. The zero-order valence-electron chi connectivity index (χ0n) is 13.2. The number of carbonyl (C=O) groups is 1. The molecule has 3 rings (SSSR count). The van der Waals surface area contributed by atoms with Crippen LogP contribution in [0.3, 0.4) is 0 Å². The molecule has 0 bridgehead atoms. The van der Waals surface area contributed by atoms with Crippen LogP contribution in [-0.2, 0) is 11.2 Å². The minimum atomic E-state index is -0.512. The van der Waals surface area contributed by atoms with Gasteiger partial charge in [-0.1, -0.05) is 6.07 Å². The van der Waals surface area contributed by atoms with Gasteiger partial charge in [-0.2, -0.15) is 5.26 Å². The van der Waals surface area contributed by atoms with E-state index in [4.69, 9.17) is 10.00 Å². The molecule has 2 aliphatic rings. The van der Waals surface area contributed by atoms with Crippen LogP contribution in [-0.4, -0.2) is 11.7 Å². The summed E-state index contributed by atoms with van der Waals surface area (Å²) in [5.41, 5.74) is 3.92. The molecule has 1 aromatic rings. The Hall–Kier alpha value is -2.28. The van der Waals surface area contributed by atoms with Gasteiger partial charge in [0.1, 0.15) is 5.60 Å². The number of nitrogens with zero attached hydrogens (tertiary/aromatic N) is 1. The molecule has 0 aromatic heterocycles. The van der Waals surface area contributed by atoms with Gasteiger partial charge in [0.2, 0.25) is 0 Å². The Morgan fingerprint density at radius 3 is 2.73 bits per heavy atom. The second-order valence-corrected chi connectivity index (χ2v) is 7.14. The number of nitrogens with one attached hydrogen (secondary N) is 1. The molecule has 1 amide bonds. The summed E-state index contributed by atoms with van der Waals surface area (Å²) in [5, 5.41) is 11.8. The summed E-state index contributed by atoms with van der Waals surface area (Å²) in [5.74, 6) is 0. The summed E-state index contributed by atoms with van der Waals surface area (Å²) < 4.78 is 5.27. The van der Waals surface area contributed by atoms with E-state index in [0.717, 1.165) is 36.1 Å². The van der Waals surface area contributed by atoms with E-state index in [1.165, 1.54) is 5.56 Å². The van der Waals surface area contributed by atoms with Crippen molar-refractivity contribution in [3.8, 4) is 6.07 Å². The molecule has 22 heavy (non-hydrogen) atoms. The minimum Gasteiger partial charge on any atom is -0.444 e. The van der Waals surface area contributed by atoms with E-state index in [-0.39, 0.29) is 5.41 Å². The van der Waals surface area contributed by atoms with Gasteiger partial charge in [-0.05, 0) is 68.9 Å². The SMILES string of the molecule is CC(C)(C)OC(=O)Nc1ccc2c(c1)CC1(CC1)/C2=C\C#N. The number of amides is 1.